The number of fused-ring (bicyclic) bond motifs is 3. The molecule has 1 saturated carbocycles. The zero-order chi connectivity index (χ0) is 22.6. The SMILES string of the molecule is CC/C1=C(/C)CCC(C)(O)CC2C(CCC3OCC32)CC1O.O=C(O)c1ccccc1. The van der Waals surface area contributed by atoms with Gasteiger partial charge in [0.2, 0.25) is 0 Å². The normalized spacial score (nSPS) is 37.9. The van der Waals surface area contributed by atoms with Gasteiger partial charge in [-0.15, -0.1) is 0 Å². The fourth-order valence-corrected chi connectivity index (χ4v) is 5.65. The number of aliphatic hydroxyl groups excluding tert-OH is 1. The van der Waals surface area contributed by atoms with E-state index in [4.69, 9.17) is 9.84 Å². The van der Waals surface area contributed by atoms with E-state index in [1.165, 1.54) is 11.1 Å². The highest BCUT2D eigenvalue weighted by Gasteiger charge is 2.48. The van der Waals surface area contributed by atoms with E-state index < -0.39 is 11.6 Å². The molecule has 4 rings (SSSR count). The maximum Gasteiger partial charge on any atom is 0.335 e. The Labute approximate surface area is 186 Å². The van der Waals surface area contributed by atoms with Crippen molar-refractivity contribution in [3.63, 3.8) is 0 Å². The van der Waals surface area contributed by atoms with Gasteiger partial charge in [0.15, 0.2) is 0 Å². The Morgan fingerprint density at radius 2 is 1.90 bits per heavy atom. The number of carbonyl (C=O) groups is 1. The van der Waals surface area contributed by atoms with Gasteiger partial charge in [0.1, 0.15) is 0 Å². The molecule has 0 amide bonds. The maximum atomic E-state index is 10.9. The number of benzene rings is 1. The van der Waals surface area contributed by atoms with Crippen LogP contribution in [0.5, 0.6) is 0 Å². The van der Waals surface area contributed by atoms with E-state index >= 15 is 0 Å². The van der Waals surface area contributed by atoms with Crippen LogP contribution in [-0.2, 0) is 4.74 Å². The quantitative estimate of drug-likeness (QED) is 0.585. The topological polar surface area (TPSA) is 87.0 Å². The van der Waals surface area contributed by atoms with E-state index in [1.54, 1.807) is 30.3 Å². The summed E-state index contributed by atoms with van der Waals surface area (Å²) in [7, 11) is 0. The van der Waals surface area contributed by atoms with Gasteiger partial charge in [0.05, 0.1) is 30.0 Å². The minimum absolute atomic E-state index is 0.293. The van der Waals surface area contributed by atoms with Crippen LogP contribution in [0.1, 0.15) is 76.1 Å². The molecule has 1 saturated heterocycles. The zero-order valence-corrected chi connectivity index (χ0v) is 19.1. The molecular weight excluding hydrogens is 392 g/mol. The minimum Gasteiger partial charge on any atom is -0.478 e. The van der Waals surface area contributed by atoms with E-state index in [0.29, 0.717) is 29.4 Å². The summed E-state index contributed by atoms with van der Waals surface area (Å²) in [6.07, 6.45) is 6.74. The van der Waals surface area contributed by atoms with Gasteiger partial charge in [-0.3, -0.25) is 0 Å². The molecule has 1 aromatic rings. The summed E-state index contributed by atoms with van der Waals surface area (Å²) in [5.74, 6) is 0.760. The van der Waals surface area contributed by atoms with Crippen LogP contribution in [0.4, 0.5) is 0 Å². The van der Waals surface area contributed by atoms with Crippen LogP contribution in [0, 0.1) is 17.8 Å². The first-order valence-corrected chi connectivity index (χ1v) is 11.7. The molecule has 0 aromatic heterocycles. The number of ether oxygens (including phenoxy) is 1. The van der Waals surface area contributed by atoms with E-state index in [-0.39, 0.29) is 6.10 Å². The first kappa shape index (κ1) is 24.0. The van der Waals surface area contributed by atoms with Crippen LogP contribution >= 0.6 is 0 Å². The smallest absolute Gasteiger partial charge is 0.335 e. The molecule has 172 valence electrons. The third-order valence-corrected chi connectivity index (χ3v) is 7.55. The molecule has 31 heavy (non-hydrogen) atoms. The molecule has 2 fully saturated rings. The Balaban J connectivity index is 0.000000254. The van der Waals surface area contributed by atoms with Gasteiger partial charge >= 0.3 is 5.97 Å². The highest BCUT2D eigenvalue weighted by molar-refractivity contribution is 5.87. The molecule has 1 aliphatic heterocycles. The van der Waals surface area contributed by atoms with Crippen LogP contribution in [0.3, 0.4) is 0 Å². The molecule has 5 nitrogen and oxygen atoms in total. The average molecular weight is 431 g/mol. The standard InChI is InChI=1S/C19H32O3.C7H6O2/c1-4-14-12(2)7-8-19(3,21)10-15-13(9-17(14)20)5-6-18-16(15)11-22-18;8-7(9)6-4-2-1-3-5-6/h13,15-18,20-21H,4-11H2,1-3H3;1-5H,(H,8,9)/b14-12+;. The van der Waals surface area contributed by atoms with Gasteiger partial charge < -0.3 is 20.1 Å². The van der Waals surface area contributed by atoms with Crippen molar-refractivity contribution in [1.29, 1.82) is 0 Å². The summed E-state index contributed by atoms with van der Waals surface area (Å²) in [4.78, 5) is 10.2. The Morgan fingerprint density at radius 1 is 1.19 bits per heavy atom. The Bertz CT molecular complexity index is 769. The molecule has 0 spiro atoms. The van der Waals surface area contributed by atoms with E-state index in [2.05, 4.69) is 13.8 Å². The number of hydrogen-bond acceptors (Lipinski definition) is 4. The lowest BCUT2D eigenvalue weighted by atomic mass is 9.62. The number of aliphatic hydroxyl groups is 2. The molecule has 6 unspecified atom stereocenters. The van der Waals surface area contributed by atoms with Gasteiger partial charge in [-0.2, -0.15) is 0 Å². The van der Waals surface area contributed by atoms with Crippen molar-refractivity contribution in [3.05, 3.63) is 47.0 Å². The number of hydrogen-bond donors (Lipinski definition) is 3. The second-order valence-electron chi connectivity index (χ2n) is 9.82. The first-order valence-electron chi connectivity index (χ1n) is 11.7. The molecule has 6 atom stereocenters. The predicted octanol–water partition coefficient (Wildman–Crippen LogP) is 4.82. The number of rotatable bonds is 2. The van der Waals surface area contributed by atoms with Gasteiger partial charge in [-0.1, -0.05) is 30.7 Å². The maximum absolute atomic E-state index is 10.9. The van der Waals surface area contributed by atoms with E-state index in [1.807, 2.05) is 6.92 Å². The monoisotopic (exact) mass is 430 g/mol. The lowest BCUT2D eigenvalue weighted by molar-refractivity contribution is -0.184. The molecule has 0 radical (unpaired) electrons. The van der Waals surface area contributed by atoms with Crippen LogP contribution in [-0.4, -0.2) is 45.7 Å². The molecular formula is C26H38O5. The highest BCUT2D eigenvalue weighted by Crippen LogP contribution is 2.48. The van der Waals surface area contributed by atoms with Crippen molar-refractivity contribution in [3.8, 4) is 0 Å². The number of allylic oxidation sites excluding steroid dienone is 1. The van der Waals surface area contributed by atoms with Gasteiger partial charge in [-0.05, 0) is 88.3 Å². The number of carboxylic acid groups (broad SMARTS) is 1. The fourth-order valence-electron chi connectivity index (χ4n) is 5.65. The lowest BCUT2D eigenvalue weighted by Crippen LogP contribution is -2.52. The number of aromatic carboxylic acids is 1. The summed E-state index contributed by atoms with van der Waals surface area (Å²) in [6, 6.07) is 8.30. The van der Waals surface area contributed by atoms with Crippen LogP contribution in [0.2, 0.25) is 0 Å². The fraction of sp³-hybridized carbons (Fsp3) is 0.654. The van der Waals surface area contributed by atoms with Gasteiger partial charge in [-0.25, -0.2) is 4.79 Å². The van der Waals surface area contributed by atoms with Crippen molar-refractivity contribution in [2.45, 2.75) is 83.5 Å². The molecule has 5 heteroatoms. The van der Waals surface area contributed by atoms with Crippen LogP contribution in [0.25, 0.3) is 0 Å². The second kappa shape index (κ2) is 10.3. The Kier molecular flexibility index (Phi) is 7.95. The lowest BCUT2D eigenvalue weighted by Gasteiger charge is -2.51. The molecule has 3 aliphatic rings. The predicted molar refractivity (Wildman–Crippen MR) is 121 cm³/mol. The van der Waals surface area contributed by atoms with Crippen LogP contribution < -0.4 is 0 Å². The first-order chi connectivity index (χ1) is 14.7. The molecule has 1 heterocycles. The molecule has 0 bridgehead atoms. The molecule has 1 aromatic carbocycles. The largest absolute Gasteiger partial charge is 0.478 e. The second-order valence-corrected chi connectivity index (χ2v) is 9.82. The zero-order valence-electron chi connectivity index (χ0n) is 19.1. The third kappa shape index (κ3) is 5.97. The summed E-state index contributed by atoms with van der Waals surface area (Å²) < 4.78 is 5.71. The summed E-state index contributed by atoms with van der Waals surface area (Å²) in [6.45, 7) is 7.13. The van der Waals surface area contributed by atoms with E-state index in [0.717, 1.165) is 51.6 Å². The van der Waals surface area contributed by atoms with Crippen molar-refractivity contribution in [2.75, 3.05) is 6.61 Å². The summed E-state index contributed by atoms with van der Waals surface area (Å²) in [5, 5.41) is 30.0. The van der Waals surface area contributed by atoms with Gasteiger partial charge in [0.25, 0.3) is 0 Å². The van der Waals surface area contributed by atoms with Crippen molar-refractivity contribution >= 4 is 5.97 Å². The third-order valence-electron chi connectivity index (χ3n) is 7.55. The minimum atomic E-state index is -0.879. The van der Waals surface area contributed by atoms with Crippen molar-refractivity contribution in [1.82, 2.24) is 0 Å². The summed E-state index contributed by atoms with van der Waals surface area (Å²) in [5.41, 5.74) is 2.23. The Hall–Kier alpha value is -1.69. The number of carboxylic acids is 1. The average Bonchev–Trinajstić information content (AvgIpc) is 2.70. The van der Waals surface area contributed by atoms with Gasteiger partial charge in [0, 0.05) is 5.92 Å². The molecule has 3 N–H and O–H groups in total. The summed E-state index contributed by atoms with van der Waals surface area (Å²) >= 11 is 0. The Morgan fingerprint density at radius 3 is 2.45 bits per heavy atom. The van der Waals surface area contributed by atoms with E-state index in [9.17, 15) is 15.0 Å². The van der Waals surface area contributed by atoms with Crippen molar-refractivity contribution in [2.24, 2.45) is 17.8 Å². The van der Waals surface area contributed by atoms with Crippen LogP contribution in [0.15, 0.2) is 41.5 Å². The highest BCUT2D eigenvalue weighted by atomic mass is 16.5. The molecule has 2 aliphatic carbocycles. The van der Waals surface area contributed by atoms with Crippen molar-refractivity contribution < 1.29 is 24.9 Å².